The number of benzene rings is 2. The average Bonchev–Trinajstić information content (AvgIpc) is 3.12. The van der Waals surface area contributed by atoms with E-state index in [0.717, 1.165) is 65.7 Å². The molecular formula is C29H32ClN3O4. The van der Waals surface area contributed by atoms with Gasteiger partial charge in [-0.25, -0.2) is 9.48 Å². The van der Waals surface area contributed by atoms with Gasteiger partial charge in [-0.1, -0.05) is 36.2 Å². The Bertz CT molecular complexity index is 1470. The number of hydrogen-bond acceptors (Lipinski definition) is 6. The van der Waals surface area contributed by atoms with Gasteiger partial charge in [0.05, 0.1) is 22.9 Å². The molecule has 0 spiro atoms. The molecule has 194 valence electrons. The molecule has 0 saturated heterocycles. The van der Waals surface area contributed by atoms with Crippen molar-refractivity contribution in [3.63, 3.8) is 0 Å². The summed E-state index contributed by atoms with van der Waals surface area (Å²) in [5.41, 5.74) is 3.79. The number of nitrogens with zero attached hydrogens (tertiary/aromatic N) is 3. The highest BCUT2D eigenvalue weighted by Crippen LogP contribution is 2.31. The summed E-state index contributed by atoms with van der Waals surface area (Å²) in [6.07, 6.45) is 5.79. The van der Waals surface area contributed by atoms with Crippen molar-refractivity contribution in [2.24, 2.45) is 12.0 Å². The predicted octanol–water partition coefficient (Wildman–Crippen LogP) is 6.96. The summed E-state index contributed by atoms with van der Waals surface area (Å²) < 4.78 is 19.0. The minimum absolute atomic E-state index is 0.380. The standard InChI is InChI=1S/C29H32ClN3O4/c1-19-11-7-8-12-25(19)37-29-23(21(3)32-33(29)4)18-31-13-9-5-6-10-14-35-27-17-26-22(16-24(27)30)20(2)15-28(34)36-26/h7-8,11-12,15-18H,5-6,9-10,13-14H2,1-4H3. The molecule has 37 heavy (non-hydrogen) atoms. The van der Waals surface area contributed by atoms with Crippen molar-refractivity contribution < 1.29 is 13.9 Å². The maximum absolute atomic E-state index is 11.6. The van der Waals surface area contributed by atoms with Crippen molar-refractivity contribution >= 4 is 28.8 Å². The van der Waals surface area contributed by atoms with Gasteiger partial charge in [0.25, 0.3) is 0 Å². The number of unbranched alkanes of at least 4 members (excludes halogenated alkanes) is 3. The molecule has 8 heteroatoms. The molecule has 4 rings (SSSR count). The van der Waals surface area contributed by atoms with Crippen LogP contribution < -0.4 is 15.1 Å². The van der Waals surface area contributed by atoms with Crippen LogP contribution >= 0.6 is 11.6 Å². The Morgan fingerprint density at radius 3 is 2.62 bits per heavy atom. The number of aryl methyl sites for hydroxylation is 4. The van der Waals surface area contributed by atoms with Crippen LogP contribution in [0.5, 0.6) is 17.4 Å². The highest BCUT2D eigenvalue weighted by molar-refractivity contribution is 6.32. The fourth-order valence-electron chi connectivity index (χ4n) is 4.13. The normalized spacial score (nSPS) is 11.5. The van der Waals surface area contributed by atoms with Gasteiger partial charge in [0.1, 0.15) is 17.1 Å². The highest BCUT2D eigenvalue weighted by atomic mass is 35.5. The molecule has 0 aliphatic heterocycles. The molecule has 0 amide bonds. The molecule has 2 aromatic carbocycles. The summed E-state index contributed by atoms with van der Waals surface area (Å²) in [5, 5.41) is 5.82. The third-order valence-corrected chi connectivity index (χ3v) is 6.47. The lowest BCUT2D eigenvalue weighted by molar-refractivity contribution is 0.305. The molecule has 4 aromatic rings. The van der Waals surface area contributed by atoms with Gasteiger partial charge in [0.15, 0.2) is 0 Å². The Hall–Kier alpha value is -3.58. The zero-order chi connectivity index (χ0) is 26.4. The molecule has 0 saturated carbocycles. The molecule has 7 nitrogen and oxygen atoms in total. The number of ether oxygens (including phenoxy) is 2. The topological polar surface area (TPSA) is 78.8 Å². The van der Waals surface area contributed by atoms with E-state index in [-0.39, 0.29) is 5.63 Å². The minimum atomic E-state index is -0.380. The molecule has 0 radical (unpaired) electrons. The molecule has 0 bridgehead atoms. The second-order valence-corrected chi connectivity index (χ2v) is 9.53. The van der Waals surface area contributed by atoms with E-state index in [0.29, 0.717) is 28.8 Å². The number of rotatable bonds is 11. The van der Waals surface area contributed by atoms with Crippen LogP contribution in [0.3, 0.4) is 0 Å². The second kappa shape index (κ2) is 12.1. The van der Waals surface area contributed by atoms with Crippen LogP contribution in [0, 0.1) is 20.8 Å². The van der Waals surface area contributed by atoms with E-state index in [1.807, 2.05) is 58.3 Å². The Morgan fingerprint density at radius 1 is 1.03 bits per heavy atom. The van der Waals surface area contributed by atoms with Crippen LogP contribution in [0.4, 0.5) is 0 Å². The van der Waals surface area contributed by atoms with Crippen molar-refractivity contribution in [2.45, 2.75) is 46.5 Å². The number of halogens is 1. The fourth-order valence-corrected chi connectivity index (χ4v) is 4.34. The number of aromatic nitrogens is 2. The van der Waals surface area contributed by atoms with Crippen molar-refractivity contribution in [3.8, 4) is 17.4 Å². The molecule has 0 fully saturated rings. The molecule has 2 heterocycles. The van der Waals surface area contributed by atoms with Crippen molar-refractivity contribution in [1.82, 2.24) is 9.78 Å². The summed E-state index contributed by atoms with van der Waals surface area (Å²) in [6, 6.07) is 12.9. The van der Waals surface area contributed by atoms with E-state index in [2.05, 4.69) is 10.1 Å². The Balaban J connectivity index is 1.22. The maximum Gasteiger partial charge on any atom is 0.336 e. The first-order valence-corrected chi connectivity index (χ1v) is 12.8. The number of fused-ring (bicyclic) bond motifs is 1. The second-order valence-electron chi connectivity index (χ2n) is 9.12. The van der Waals surface area contributed by atoms with E-state index in [4.69, 9.17) is 25.5 Å². The molecule has 0 unspecified atom stereocenters. The first-order chi connectivity index (χ1) is 17.8. The van der Waals surface area contributed by atoms with E-state index in [1.165, 1.54) is 6.07 Å². The summed E-state index contributed by atoms with van der Waals surface area (Å²) in [5.74, 6) is 2.03. The van der Waals surface area contributed by atoms with Crippen LogP contribution in [-0.2, 0) is 7.05 Å². The van der Waals surface area contributed by atoms with Gasteiger partial charge >= 0.3 is 5.63 Å². The van der Waals surface area contributed by atoms with Crippen LogP contribution in [0.25, 0.3) is 11.0 Å². The van der Waals surface area contributed by atoms with Crippen molar-refractivity contribution in [2.75, 3.05) is 13.2 Å². The van der Waals surface area contributed by atoms with E-state index in [9.17, 15) is 4.79 Å². The Labute approximate surface area is 221 Å². The predicted molar refractivity (Wildman–Crippen MR) is 148 cm³/mol. The van der Waals surface area contributed by atoms with Gasteiger partial charge in [-0.05, 0) is 63.3 Å². The SMILES string of the molecule is Cc1ccccc1Oc1c(C=NCCCCCCOc2cc3oc(=O)cc(C)c3cc2Cl)c(C)nn1C. The zero-order valence-corrected chi connectivity index (χ0v) is 22.5. The minimum Gasteiger partial charge on any atom is -0.492 e. The highest BCUT2D eigenvalue weighted by Gasteiger charge is 2.15. The quantitative estimate of drug-likeness (QED) is 0.121. The van der Waals surface area contributed by atoms with Gasteiger partial charge in [-0.2, -0.15) is 5.10 Å². The number of hydrogen-bond donors (Lipinski definition) is 0. The molecule has 0 aliphatic carbocycles. The van der Waals surface area contributed by atoms with E-state index in [1.54, 1.807) is 16.8 Å². The third kappa shape index (κ3) is 6.60. The third-order valence-electron chi connectivity index (χ3n) is 6.18. The van der Waals surface area contributed by atoms with E-state index < -0.39 is 0 Å². The van der Waals surface area contributed by atoms with Crippen molar-refractivity contribution in [1.29, 1.82) is 0 Å². The Kier molecular flexibility index (Phi) is 8.66. The molecule has 0 atom stereocenters. The Morgan fingerprint density at radius 2 is 1.81 bits per heavy atom. The molecule has 2 aromatic heterocycles. The zero-order valence-electron chi connectivity index (χ0n) is 21.7. The maximum atomic E-state index is 11.6. The summed E-state index contributed by atoms with van der Waals surface area (Å²) in [6.45, 7) is 7.11. The monoisotopic (exact) mass is 521 g/mol. The largest absolute Gasteiger partial charge is 0.492 e. The smallest absolute Gasteiger partial charge is 0.336 e. The lowest BCUT2D eigenvalue weighted by Crippen LogP contribution is -2.01. The van der Waals surface area contributed by atoms with Gasteiger partial charge in [-0.15, -0.1) is 0 Å². The number of para-hydroxylation sites is 1. The van der Waals surface area contributed by atoms with Crippen molar-refractivity contribution in [3.05, 3.63) is 80.3 Å². The summed E-state index contributed by atoms with van der Waals surface area (Å²) in [7, 11) is 1.88. The summed E-state index contributed by atoms with van der Waals surface area (Å²) in [4.78, 5) is 16.3. The first kappa shape index (κ1) is 26.5. The van der Waals surface area contributed by atoms with Gasteiger partial charge in [-0.3, -0.25) is 4.99 Å². The summed E-state index contributed by atoms with van der Waals surface area (Å²) >= 11 is 6.36. The molecule has 0 N–H and O–H groups in total. The average molecular weight is 522 g/mol. The fraction of sp³-hybridized carbons (Fsp3) is 0.345. The first-order valence-electron chi connectivity index (χ1n) is 12.5. The molecular weight excluding hydrogens is 490 g/mol. The van der Waals surface area contributed by atoms with E-state index >= 15 is 0 Å². The van der Waals surface area contributed by atoms with Gasteiger partial charge in [0, 0.05) is 37.3 Å². The van der Waals surface area contributed by atoms with Crippen LogP contribution in [0.1, 0.15) is 48.1 Å². The number of aliphatic imine (C=N–C) groups is 1. The van der Waals surface area contributed by atoms with Crippen LogP contribution in [-0.4, -0.2) is 29.1 Å². The van der Waals surface area contributed by atoms with Crippen LogP contribution in [0.2, 0.25) is 5.02 Å². The lowest BCUT2D eigenvalue weighted by atomic mass is 10.1. The lowest BCUT2D eigenvalue weighted by Gasteiger charge is -2.10. The van der Waals surface area contributed by atoms with Crippen LogP contribution in [0.15, 0.2) is 56.7 Å². The van der Waals surface area contributed by atoms with Gasteiger partial charge in [0.2, 0.25) is 5.88 Å². The van der Waals surface area contributed by atoms with Gasteiger partial charge < -0.3 is 13.9 Å². The molecule has 0 aliphatic rings.